The van der Waals surface area contributed by atoms with Gasteiger partial charge in [-0.3, -0.25) is 10.9 Å². The van der Waals surface area contributed by atoms with E-state index >= 15 is 0 Å². The van der Waals surface area contributed by atoms with Crippen LogP contribution in [-0.4, -0.2) is 35.3 Å². The van der Waals surface area contributed by atoms with Gasteiger partial charge in [0.15, 0.2) is 10.9 Å². The van der Waals surface area contributed by atoms with Gasteiger partial charge in [-0.25, -0.2) is 9.97 Å². The summed E-state index contributed by atoms with van der Waals surface area (Å²) in [5, 5.41) is 3.50. The van der Waals surface area contributed by atoms with Gasteiger partial charge in [0.05, 0.1) is 16.8 Å². The number of nitrogens with one attached hydrogen (secondary N) is 3. The van der Waals surface area contributed by atoms with E-state index in [9.17, 15) is 0 Å². The monoisotopic (exact) mass is 451 g/mol. The van der Waals surface area contributed by atoms with Crippen LogP contribution in [0.1, 0.15) is 0 Å². The summed E-state index contributed by atoms with van der Waals surface area (Å²) in [4.78, 5) is 9.82. The van der Waals surface area contributed by atoms with Crippen molar-refractivity contribution < 1.29 is 9.47 Å². The minimum Gasteiger partial charge on any atom is -0.457 e. The van der Waals surface area contributed by atoms with Crippen LogP contribution in [0.3, 0.4) is 0 Å². The molecule has 31 heavy (non-hydrogen) atoms. The summed E-state index contributed by atoms with van der Waals surface area (Å²) < 4.78 is 11.8. The number of thiocarbonyl (C=S) groups is 1. The van der Waals surface area contributed by atoms with Crippen LogP contribution in [0.5, 0.6) is 11.5 Å². The molecule has 0 saturated heterocycles. The zero-order valence-corrected chi connectivity index (χ0v) is 18.4. The highest BCUT2D eigenvalue weighted by Crippen LogP contribution is 2.36. The van der Waals surface area contributed by atoms with Gasteiger partial charge >= 0.3 is 0 Å². The van der Waals surface area contributed by atoms with Gasteiger partial charge in [0, 0.05) is 18.5 Å². The van der Waals surface area contributed by atoms with Gasteiger partial charge in [0.25, 0.3) is 0 Å². The van der Waals surface area contributed by atoms with Crippen LogP contribution in [0.4, 0.5) is 5.82 Å². The number of aromatic nitrogens is 2. The third-order valence-corrected chi connectivity index (χ3v) is 5.74. The molecule has 158 valence electrons. The number of para-hydroxylation sites is 1. The number of rotatable bonds is 8. The third kappa shape index (κ3) is 5.46. The second kappa shape index (κ2) is 10.2. The van der Waals surface area contributed by atoms with Gasteiger partial charge in [-0.05, 0) is 60.2 Å². The number of fused-ring (bicyclic) bond motifs is 1. The lowest BCUT2D eigenvalue weighted by Gasteiger charge is -2.11. The summed E-state index contributed by atoms with van der Waals surface area (Å²) in [5.74, 6) is 2.27. The van der Waals surface area contributed by atoms with Gasteiger partial charge in [-0.1, -0.05) is 18.2 Å². The number of ether oxygens (including phenoxy) is 2. The van der Waals surface area contributed by atoms with Gasteiger partial charge < -0.3 is 14.8 Å². The van der Waals surface area contributed by atoms with E-state index in [4.69, 9.17) is 21.7 Å². The van der Waals surface area contributed by atoms with Gasteiger partial charge in [0.1, 0.15) is 17.8 Å². The Hall–Kier alpha value is -3.27. The van der Waals surface area contributed by atoms with Crippen molar-refractivity contribution in [2.75, 3.05) is 25.7 Å². The fraction of sp³-hybridized carbons (Fsp3) is 0.136. The first-order chi connectivity index (χ1) is 15.2. The first-order valence-corrected chi connectivity index (χ1v) is 10.8. The van der Waals surface area contributed by atoms with Gasteiger partial charge in [-0.2, -0.15) is 0 Å². The van der Waals surface area contributed by atoms with Crippen LogP contribution in [0.15, 0.2) is 67.0 Å². The standard InChI is InChI=1S/C22H21N5O2S2/c1-28-12-11-23-22(30)27-26-21-20-18(24-14-25-21)13-19(31-20)15-7-9-17(10-8-15)29-16-5-3-2-4-6-16/h2-10,13-14H,11-12H2,1H3,(H2,23,27,30)(H,24,25,26). The van der Waals surface area contributed by atoms with Crippen LogP contribution in [0.25, 0.3) is 20.7 Å². The fourth-order valence-corrected chi connectivity index (χ4v) is 4.04. The highest BCUT2D eigenvalue weighted by Gasteiger charge is 2.11. The van der Waals surface area contributed by atoms with Crippen LogP contribution in [0.2, 0.25) is 0 Å². The van der Waals surface area contributed by atoms with E-state index in [-0.39, 0.29) is 0 Å². The highest BCUT2D eigenvalue weighted by atomic mass is 32.1. The summed E-state index contributed by atoms with van der Waals surface area (Å²) in [6.07, 6.45) is 1.53. The quantitative estimate of drug-likeness (QED) is 0.204. The Morgan fingerprint density at radius 3 is 2.58 bits per heavy atom. The second-order valence-corrected chi connectivity index (χ2v) is 7.95. The van der Waals surface area contributed by atoms with E-state index in [1.54, 1.807) is 18.4 Å². The average molecular weight is 452 g/mol. The molecule has 2 aromatic heterocycles. The molecule has 4 rings (SSSR count). The fourth-order valence-electron chi connectivity index (χ4n) is 2.82. The number of methoxy groups -OCH3 is 1. The number of nitrogens with zero attached hydrogens (tertiary/aromatic N) is 2. The Morgan fingerprint density at radius 1 is 1.03 bits per heavy atom. The molecular formula is C22H21N5O2S2. The molecule has 7 nitrogen and oxygen atoms in total. The minimum absolute atomic E-state index is 0.467. The predicted octanol–water partition coefficient (Wildman–Crippen LogP) is 4.59. The number of anilines is 1. The molecule has 0 atom stereocenters. The molecular weight excluding hydrogens is 430 g/mol. The first kappa shape index (κ1) is 21.0. The highest BCUT2D eigenvalue weighted by molar-refractivity contribution is 7.80. The molecule has 0 radical (unpaired) electrons. The molecule has 0 aliphatic heterocycles. The average Bonchev–Trinajstić information content (AvgIpc) is 3.24. The molecule has 9 heteroatoms. The van der Waals surface area contributed by atoms with E-state index < -0.39 is 0 Å². The van der Waals surface area contributed by atoms with Gasteiger partial charge in [-0.15, -0.1) is 11.3 Å². The van der Waals surface area contributed by atoms with Crippen molar-refractivity contribution in [3.63, 3.8) is 0 Å². The molecule has 0 aliphatic rings. The molecule has 0 aliphatic carbocycles. The van der Waals surface area contributed by atoms with E-state index in [0.29, 0.717) is 24.1 Å². The summed E-state index contributed by atoms with van der Waals surface area (Å²) in [7, 11) is 1.65. The maximum Gasteiger partial charge on any atom is 0.185 e. The summed E-state index contributed by atoms with van der Waals surface area (Å²) in [6.45, 7) is 1.19. The minimum atomic E-state index is 0.467. The lowest BCUT2D eigenvalue weighted by atomic mass is 10.2. The Bertz CT molecular complexity index is 1150. The smallest absolute Gasteiger partial charge is 0.185 e. The first-order valence-electron chi connectivity index (χ1n) is 9.59. The second-order valence-electron chi connectivity index (χ2n) is 6.49. The van der Waals surface area contributed by atoms with E-state index in [2.05, 4.69) is 32.2 Å². The van der Waals surface area contributed by atoms with E-state index in [1.165, 1.54) is 6.33 Å². The van der Waals surface area contributed by atoms with Crippen molar-refractivity contribution in [3.8, 4) is 21.9 Å². The molecule has 4 aromatic rings. The number of hydrogen-bond acceptors (Lipinski definition) is 7. The molecule has 2 heterocycles. The molecule has 0 amide bonds. The zero-order chi connectivity index (χ0) is 21.5. The number of thiophene rings is 1. The Labute approximate surface area is 189 Å². The van der Waals surface area contributed by atoms with Crippen molar-refractivity contribution >= 4 is 44.7 Å². The lowest BCUT2D eigenvalue weighted by molar-refractivity contribution is 0.204. The van der Waals surface area contributed by atoms with Crippen LogP contribution in [0, 0.1) is 0 Å². The SMILES string of the molecule is COCCNC(=S)NNc1ncnc2cc(-c3ccc(Oc4ccccc4)cc3)sc12. The zero-order valence-electron chi connectivity index (χ0n) is 16.8. The van der Waals surface area contributed by atoms with Crippen molar-refractivity contribution in [2.24, 2.45) is 0 Å². The van der Waals surface area contributed by atoms with E-state index in [0.717, 1.165) is 32.2 Å². The maximum absolute atomic E-state index is 5.87. The number of hydrazine groups is 1. The number of hydrogen-bond donors (Lipinski definition) is 3. The Morgan fingerprint density at radius 2 is 1.81 bits per heavy atom. The summed E-state index contributed by atoms with van der Waals surface area (Å²) in [6, 6.07) is 19.8. The maximum atomic E-state index is 5.87. The summed E-state index contributed by atoms with van der Waals surface area (Å²) in [5.41, 5.74) is 7.95. The van der Waals surface area contributed by atoms with Gasteiger partial charge in [0.2, 0.25) is 0 Å². The predicted molar refractivity (Wildman–Crippen MR) is 129 cm³/mol. The van der Waals surface area contributed by atoms with E-state index in [1.807, 2.05) is 54.6 Å². The number of benzene rings is 2. The molecule has 0 unspecified atom stereocenters. The largest absolute Gasteiger partial charge is 0.457 e. The Balaban J connectivity index is 1.46. The van der Waals surface area contributed by atoms with Crippen molar-refractivity contribution in [2.45, 2.75) is 0 Å². The van der Waals surface area contributed by atoms with Crippen molar-refractivity contribution in [1.82, 2.24) is 20.7 Å². The molecule has 0 fully saturated rings. The van der Waals surface area contributed by atoms with Crippen LogP contribution in [-0.2, 0) is 4.74 Å². The van der Waals surface area contributed by atoms with Crippen molar-refractivity contribution in [3.05, 3.63) is 67.0 Å². The molecule has 3 N–H and O–H groups in total. The topological polar surface area (TPSA) is 80.3 Å². The third-order valence-electron chi connectivity index (χ3n) is 4.32. The summed E-state index contributed by atoms with van der Waals surface area (Å²) >= 11 is 6.85. The molecule has 0 saturated carbocycles. The molecule has 0 bridgehead atoms. The molecule has 0 spiro atoms. The Kier molecular flexibility index (Phi) is 6.88. The van der Waals surface area contributed by atoms with Crippen molar-refractivity contribution in [1.29, 1.82) is 0 Å². The van der Waals surface area contributed by atoms with Crippen LogP contribution < -0.4 is 20.9 Å². The van der Waals surface area contributed by atoms with Crippen LogP contribution >= 0.6 is 23.6 Å². The lowest BCUT2D eigenvalue weighted by Crippen LogP contribution is -2.40. The normalized spacial score (nSPS) is 10.6. The molecule has 2 aromatic carbocycles.